The fourth-order valence-electron chi connectivity index (χ4n) is 3.44. The van der Waals surface area contributed by atoms with E-state index in [1.165, 1.54) is 0 Å². The summed E-state index contributed by atoms with van der Waals surface area (Å²) in [7, 11) is 1.66. The Morgan fingerprint density at radius 1 is 1.28 bits per heavy atom. The van der Waals surface area contributed by atoms with Crippen molar-refractivity contribution in [1.29, 1.82) is 0 Å². The van der Waals surface area contributed by atoms with Gasteiger partial charge in [-0.3, -0.25) is 0 Å². The van der Waals surface area contributed by atoms with E-state index in [9.17, 15) is 0 Å². The molecule has 0 aliphatic carbocycles. The number of methoxy groups -OCH3 is 1. The minimum absolute atomic E-state index is 0.182. The van der Waals surface area contributed by atoms with Crippen molar-refractivity contribution in [1.82, 2.24) is 20.4 Å². The van der Waals surface area contributed by atoms with Crippen LogP contribution in [0.3, 0.4) is 0 Å². The summed E-state index contributed by atoms with van der Waals surface area (Å²) in [5.74, 6) is 1.90. The van der Waals surface area contributed by atoms with Gasteiger partial charge < -0.3 is 19.5 Å². The maximum atomic E-state index is 5.71. The van der Waals surface area contributed by atoms with Crippen molar-refractivity contribution < 1.29 is 9.26 Å². The van der Waals surface area contributed by atoms with Gasteiger partial charge in [-0.2, -0.15) is 4.98 Å². The molecule has 0 saturated carbocycles. The monoisotopic (exact) mass is 426 g/mol. The second-order valence-electron chi connectivity index (χ2n) is 6.71. The van der Waals surface area contributed by atoms with Gasteiger partial charge in [-0.1, -0.05) is 30.3 Å². The van der Waals surface area contributed by atoms with Crippen LogP contribution in [-0.4, -0.2) is 33.8 Å². The molecule has 0 radical (unpaired) electrons. The average molecular weight is 427 g/mol. The number of thiophene rings is 1. The Bertz CT molecular complexity index is 1030. The summed E-state index contributed by atoms with van der Waals surface area (Å²) < 4.78 is 11.0. The van der Waals surface area contributed by atoms with Crippen molar-refractivity contribution >= 4 is 34.2 Å². The molecule has 4 rings (SSSR count). The van der Waals surface area contributed by atoms with E-state index in [0.29, 0.717) is 16.8 Å². The number of benzene rings is 1. The van der Waals surface area contributed by atoms with E-state index in [1.807, 2.05) is 41.8 Å². The van der Waals surface area contributed by atoms with E-state index in [0.717, 1.165) is 40.4 Å². The van der Waals surface area contributed by atoms with Crippen molar-refractivity contribution in [2.75, 3.05) is 13.7 Å². The lowest BCUT2D eigenvalue weighted by molar-refractivity contribution is 0.396. The topological polar surface area (TPSA) is 63.4 Å². The molecule has 0 saturated heterocycles. The number of nitrogens with one attached hydrogen (secondary N) is 1. The van der Waals surface area contributed by atoms with Gasteiger partial charge in [0.1, 0.15) is 5.75 Å². The van der Waals surface area contributed by atoms with Crippen molar-refractivity contribution in [3.05, 3.63) is 58.9 Å². The van der Waals surface area contributed by atoms with E-state index in [2.05, 4.69) is 29.2 Å². The van der Waals surface area contributed by atoms with Crippen LogP contribution in [0, 0.1) is 0 Å². The molecule has 1 aromatic carbocycles. The normalized spacial score (nSPS) is 16.9. The van der Waals surface area contributed by atoms with Gasteiger partial charge in [0.05, 0.1) is 23.6 Å². The van der Waals surface area contributed by atoms with Crippen molar-refractivity contribution in [2.45, 2.75) is 26.3 Å². The molecule has 0 amide bonds. The number of allylic oxidation sites excluding steroid dienone is 1. The van der Waals surface area contributed by atoms with E-state index >= 15 is 0 Å². The van der Waals surface area contributed by atoms with Gasteiger partial charge in [-0.05, 0) is 54.7 Å². The minimum Gasteiger partial charge on any atom is -0.497 e. The average Bonchev–Trinajstić information content (AvgIpc) is 3.42. The zero-order valence-electron chi connectivity index (χ0n) is 16.5. The summed E-state index contributed by atoms with van der Waals surface area (Å²) in [6.07, 6.45) is 0.976. The number of rotatable bonds is 6. The summed E-state index contributed by atoms with van der Waals surface area (Å²) in [4.78, 5) is 7.77. The Hall–Kier alpha value is -2.71. The molecule has 1 atom stereocenters. The molecule has 2 aromatic heterocycles. The Morgan fingerprint density at radius 3 is 2.72 bits per heavy atom. The number of aromatic nitrogens is 2. The van der Waals surface area contributed by atoms with Gasteiger partial charge in [0.25, 0.3) is 5.89 Å². The zero-order chi connectivity index (χ0) is 20.4. The van der Waals surface area contributed by atoms with Crippen LogP contribution in [0.2, 0.25) is 0 Å². The Balaban J connectivity index is 1.80. The minimum atomic E-state index is -0.182. The molecule has 150 valence electrons. The van der Waals surface area contributed by atoms with Crippen LogP contribution in [0.4, 0.5) is 0 Å². The third kappa shape index (κ3) is 3.77. The molecule has 1 unspecified atom stereocenters. The molecular weight excluding hydrogens is 404 g/mol. The molecule has 8 heteroatoms. The van der Waals surface area contributed by atoms with Crippen LogP contribution in [0.1, 0.15) is 37.8 Å². The highest BCUT2D eigenvalue weighted by Gasteiger charge is 2.33. The first-order chi connectivity index (χ1) is 14.1. The van der Waals surface area contributed by atoms with Crippen LogP contribution in [0.15, 0.2) is 52.0 Å². The molecule has 3 heterocycles. The van der Waals surface area contributed by atoms with Crippen molar-refractivity contribution in [2.24, 2.45) is 0 Å². The summed E-state index contributed by atoms with van der Waals surface area (Å²) in [5, 5.41) is 10.4. The first-order valence-electron chi connectivity index (χ1n) is 9.43. The van der Waals surface area contributed by atoms with Gasteiger partial charge in [0.2, 0.25) is 5.82 Å². The van der Waals surface area contributed by atoms with Gasteiger partial charge in [-0.15, -0.1) is 11.3 Å². The van der Waals surface area contributed by atoms with E-state index in [1.54, 1.807) is 18.4 Å². The summed E-state index contributed by atoms with van der Waals surface area (Å²) in [6, 6.07) is 11.7. The third-order valence-corrected chi connectivity index (χ3v) is 6.09. The summed E-state index contributed by atoms with van der Waals surface area (Å²) in [5.41, 5.74) is 3.01. The van der Waals surface area contributed by atoms with E-state index in [4.69, 9.17) is 26.5 Å². The van der Waals surface area contributed by atoms with Gasteiger partial charge >= 0.3 is 0 Å². The molecule has 29 heavy (non-hydrogen) atoms. The maximum absolute atomic E-state index is 5.71. The summed E-state index contributed by atoms with van der Waals surface area (Å²) >= 11 is 7.24. The zero-order valence-corrected chi connectivity index (χ0v) is 18.1. The highest BCUT2D eigenvalue weighted by molar-refractivity contribution is 7.80. The van der Waals surface area contributed by atoms with Crippen LogP contribution in [0.25, 0.3) is 16.3 Å². The first-order valence-corrected chi connectivity index (χ1v) is 10.7. The second kappa shape index (κ2) is 8.34. The highest BCUT2D eigenvalue weighted by Crippen LogP contribution is 2.38. The van der Waals surface area contributed by atoms with Gasteiger partial charge in [0.15, 0.2) is 5.11 Å². The lowest BCUT2D eigenvalue weighted by atomic mass is 9.94. The molecule has 0 bridgehead atoms. The smallest absolute Gasteiger partial charge is 0.258 e. The molecule has 6 nitrogen and oxygen atoms in total. The van der Waals surface area contributed by atoms with Crippen molar-refractivity contribution in [3.63, 3.8) is 0 Å². The number of ether oxygens (including phenoxy) is 1. The standard InChI is InChI=1S/C21H22N4O2S2/c1-4-11-25-13(2)17(20-23-19(24-27-20)16-6-5-12-29-16)18(22-21(25)28)14-7-9-15(26-3)10-8-14/h5-10,12,18H,4,11H2,1-3H3,(H,22,28). The van der Waals surface area contributed by atoms with Crippen LogP contribution < -0.4 is 10.1 Å². The van der Waals surface area contributed by atoms with Gasteiger partial charge in [-0.25, -0.2) is 0 Å². The SMILES string of the molecule is CCCN1C(=S)NC(c2ccc(OC)cc2)C(c2nc(-c3cccs3)no2)=C1C. The molecule has 0 spiro atoms. The van der Waals surface area contributed by atoms with Gasteiger partial charge in [0, 0.05) is 12.2 Å². The molecule has 0 fully saturated rings. The third-order valence-electron chi connectivity index (χ3n) is 4.89. The fraction of sp³-hybridized carbons (Fsp3) is 0.286. The Kier molecular flexibility index (Phi) is 5.64. The van der Waals surface area contributed by atoms with Crippen molar-refractivity contribution in [3.8, 4) is 16.5 Å². The maximum Gasteiger partial charge on any atom is 0.258 e. The summed E-state index contributed by atoms with van der Waals surface area (Å²) in [6.45, 7) is 5.01. The van der Waals surface area contributed by atoms with Crippen LogP contribution >= 0.6 is 23.6 Å². The van der Waals surface area contributed by atoms with E-state index < -0.39 is 0 Å². The lowest BCUT2D eigenvalue weighted by Crippen LogP contribution is -2.46. The largest absolute Gasteiger partial charge is 0.497 e. The van der Waals surface area contributed by atoms with E-state index in [-0.39, 0.29) is 6.04 Å². The lowest BCUT2D eigenvalue weighted by Gasteiger charge is -2.37. The highest BCUT2D eigenvalue weighted by atomic mass is 32.1. The second-order valence-corrected chi connectivity index (χ2v) is 8.04. The molecule has 3 aromatic rings. The molecule has 1 N–H and O–H groups in total. The predicted octanol–water partition coefficient (Wildman–Crippen LogP) is 4.88. The molecule has 1 aliphatic rings. The quantitative estimate of drug-likeness (QED) is 0.564. The first kappa shape index (κ1) is 19.6. The fourth-order valence-corrected chi connectivity index (χ4v) is 4.43. The number of thiocarbonyl (C=S) groups is 1. The number of nitrogens with zero attached hydrogens (tertiary/aromatic N) is 3. The number of hydrogen-bond donors (Lipinski definition) is 1. The number of hydrogen-bond acceptors (Lipinski definition) is 6. The molecular formula is C21H22N4O2S2. The predicted molar refractivity (Wildman–Crippen MR) is 119 cm³/mol. The Morgan fingerprint density at radius 2 is 2.07 bits per heavy atom. The molecule has 1 aliphatic heterocycles. The Labute approximate surface area is 179 Å². The van der Waals surface area contributed by atoms with Crippen LogP contribution in [0.5, 0.6) is 5.75 Å². The van der Waals surface area contributed by atoms with Crippen LogP contribution in [-0.2, 0) is 0 Å².